The Bertz CT molecular complexity index is 775. The van der Waals surface area contributed by atoms with E-state index >= 15 is 0 Å². The number of carboxylic acids is 1. The highest BCUT2D eigenvalue weighted by Crippen LogP contribution is 2.31. The smallest absolute Gasteiger partial charge is 0.335 e. The fourth-order valence-corrected chi connectivity index (χ4v) is 3.18. The number of carbonyl (C=O) groups excluding carboxylic acids is 1. The zero-order valence-electron chi connectivity index (χ0n) is 16.1. The number of amides is 1. The number of hydrogen-bond acceptors (Lipinski definition) is 6. The van der Waals surface area contributed by atoms with Gasteiger partial charge in [0.1, 0.15) is 12.2 Å². The van der Waals surface area contributed by atoms with Gasteiger partial charge in [-0.15, -0.1) is 0 Å². The molecule has 0 aliphatic carbocycles. The fraction of sp³-hybridized carbons (Fsp3) is 0.562. The number of likely N-dealkylation sites (tertiary alicyclic amines) is 1. The Hall–Kier alpha value is -2.07. The van der Waals surface area contributed by atoms with Crippen molar-refractivity contribution in [3.05, 3.63) is 30.1 Å². The van der Waals surface area contributed by atoms with Crippen LogP contribution in [0.15, 0.2) is 24.5 Å². The summed E-state index contributed by atoms with van der Waals surface area (Å²) in [6, 6.07) is 2.41. The van der Waals surface area contributed by atoms with Gasteiger partial charge in [0.25, 0.3) is 6.23 Å². The average molecular weight is 356 g/mol. The van der Waals surface area contributed by atoms with Crippen molar-refractivity contribution in [2.24, 2.45) is 0 Å². The van der Waals surface area contributed by atoms with Crippen molar-refractivity contribution in [1.29, 1.82) is 0 Å². The van der Waals surface area contributed by atoms with Crippen LogP contribution in [0.25, 0.3) is 0 Å². The normalized spacial score (nSPS) is 38.1. The van der Waals surface area contributed by atoms with Crippen molar-refractivity contribution >= 4 is 11.9 Å². The van der Waals surface area contributed by atoms with Crippen LogP contribution in [0.5, 0.6) is 0 Å². The van der Waals surface area contributed by atoms with E-state index in [0.717, 1.165) is 4.90 Å². The van der Waals surface area contributed by atoms with Gasteiger partial charge in [-0.3, -0.25) is 4.79 Å². The molecule has 0 spiro atoms. The first-order chi connectivity index (χ1) is 13.0. The molecule has 1 unspecified atom stereocenters. The van der Waals surface area contributed by atoms with E-state index in [4.69, 9.17) is 14.0 Å². The lowest BCUT2D eigenvalue weighted by Gasteiger charge is -2.35. The number of aliphatic carboxylic acids is 1. The molecule has 9 heteroatoms. The van der Waals surface area contributed by atoms with Gasteiger partial charge in [0.05, 0.1) is 6.04 Å². The number of ether oxygens (including phenoxy) is 1. The number of carbonyl (C=O) groups is 2. The first-order valence-corrected chi connectivity index (χ1v) is 7.77. The molecule has 4 N–H and O–H groups in total. The van der Waals surface area contributed by atoms with E-state index in [-0.39, 0.29) is 12.8 Å². The predicted molar refractivity (Wildman–Crippen MR) is 80.9 cm³/mol. The van der Waals surface area contributed by atoms with Crippen molar-refractivity contribution in [2.45, 2.75) is 49.5 Å². The van der Waals surface area contributed by atoms with Crippen LogP contribution in [-0.4, -0.2) is 68.6 Å². The van der Waals surface area contributed by atoms with Crippen LogP contribution in [0.3, 0.4) is 0 Å². The molecule has 136 valence electrons. The summed E-state index contributed by atoms with van der Waals surface area (Å²) in [6.45, 7) is -2.62. The molecule has 3 rings (SSSR count). The fourth-order valence-electron chi connectivity index (χ4n) is 3.18. The van der Waals surface area contributed by atoms with Gasteiger partial charge in [-0.1, -0.05) is 0 Å². The molecule has 0 aromatic carbocycles. The van der Waals surface area contributed by atoms with E-state index in [0.29, 0.717) is 5.56 Å². The summed E-state index contributed by atoms with van der Waals surface area (Å²) in [5.41, 5.74) is 0.452. The summed E-state index contributed by atoms with van der Waals surface area (Å²) in [6.07, 6.45) is -5.06. The number of hydrogen-bond donors (Lipinski definition) is 4. The van der Waals surface area contributed by atoms with Gasteiger partial charge >= 0.3 is 5.97 Å². The molecule has 2 fully saturated rings. The van der Waals surface area contributed by atoms with E-state index in [1.807, 2.05) is 0 Å². The Morgan fingerprint density at radius 1 is 1.36 bits per heavy atom. The Morgan fingerprint density at radius 3 is 2.80 bits per heavy atom. The zero-order valence-corrected chi connectivity index (χ0v) is 13.1. The van der Waals surface area contributed by atoms with Gasteiger partial charge in [0.2, 0.25) is 5.91 Å². The van der Waals surface area contributed by atoms with Crippen molar-refractivity contribution in [2.75, 3.05) is 6.98 Å². The number of aliphatic hydroxyl groups excluding tert-OH is 3. The molecule has 2 aliphatic heterocycles. The van der Waals surface area contributed by atoms with Crippen molar-refractivity contribution in [3.8, 4) is 0 Å². The van der Waals surface area contributed by atoms with Crippen LogP contribution in [0.1, 0.15) is 34.8 Å². The van der Waals surface area contributed by atoms with E-state index in [1.165, 1.54) is 23.0 Å². The lowest BCUT2D eigenvalue weighted by atomic mass is 9.97. The highest BCUT2D eigenvalue weighted by molar-refractivity contribution is 5.78. The molecule has 1 aromatic rings. The first kappa shape index (κ1) is 14.1. The molecule has 1 amide bonds. The zero-order chi connectivity index (χ0) is 20.8. The molecule has 0 radical (unpaired) electrons. The Balaban J connectivity index is 1.93. The Morgan fingerprint density at radius 2 is 2.12 bits per heavy atom. The van der Waals surface area contributed by atoms with Crippen LogP contribution in [0.2, 0.25) is 0 Å². The van der Waals surface area contributed by atoms with E-state index in [2.05, 4.69) is 0 Å². The second-order valence-electron chi connectivity index (χ2n) is 6.16. The predicted octanol–water partition coefficient (Wildman–Crippen LogP) is -1.67. The number of carboxylic acid groups (broad SMARTS) is 1. The lowest BCUT2D eigenvalue weighted by Crippen LogP contribution is -2.63. The van der Waals surface area contributed by atoms with Crippen LogP contribution in [0.4, 0.5) is 0 Å². The monoisotopic (exact) mass is 356 g/mol. The summed E-state index contributed by atoms with van der Waals surface area (Å²) in [4.78, 5) is 24.1. The standard InChI is InChI=1S/C16H20N2O7/c1-17-9(4-5-10(17)19)8-3-2-6-18(7-8)15-13(22)11(20)12(21)14(25-15)16(23)24/h2-3,6-7,9,11-15,20-22H,4-5H2,1H3/p+1/t9?,11-,12-,13+,14-,15+/m0/s1/i1D3. The Labute approximate surface area is 147 Å². The molecular weight excluding hydrogens is 332 g/mol. The molecule has 9 nitrogen and oxygen atoms in total. The van der Waals surface area contributed by atoms with Crippen LogP contribution >= 0.6 is 0 Å². The Kier molecular flexibility index (Phi) is 3.78. The third-order valence-corrected chi connectivity index (χ3v) is 4.57. The molecule has 3 heterocycles. The largest absolute Gasteiger partial charge is 0.479 e. The topological polar surface area (TPSA) is 131 Å². The maximum absolute atomic E-state index is 12.0. The van der Waals surface area contributed by atoms with Gasteiger partial charge in [0, 0.05) is 29.1 Å². The second kappa shape index (κ2) is 6.68. The lowest BCUT2D eigenvalue weighted by molar-refractivity contribution is -0.777. The van der Waals surface area contributed by atoms with Gasteiger partial charge < -0.3 is 30.1 Å². The number of pyridine rings is 1. The minimum atomic E-state index is -2.62. The average Bonchev–Trinajstić information content (AvgIpc) is 3.01. The number of aromatic nitrogens is 1. The highest BCUT2D eigenvalue weighted by Gasteiger charge is 2.51. The van der Waals surface area contributed by atoms with Gasteiger partial charge in [0.15, 0.2) is 24.6 Å². The summed E-state index contributed by atoms with van der Waals surface area (Å²) in [5.74, 6) is -2.01. The van der Waals surface area contributed by atoms with Gasteiger partial charge in [-0.05, 0) is 12.5 Å². The SMILES string of the molecule is [2H]C([2H])([2H])N1C(=O)CCC1c1ccc[n+]([C@@H]2O[C@H](C(=O)O)[C@@H](O)[C@H](O)[C@H]2O)c1. The summed E-state index contributed by atoms with van der Waals surface area (Å²) >= 11 is 0. The minimum Gasteiger partial charge on any atom is -0.479 e. The second-order valence-corrected chi connectivity index (χ2v) is 6.16. The number of aliphatic hydroxyl groups is 3. The van der Waals surface area contributed by atoms with Crippen molar-refractivity contribution in [3.63, 3.8) is 0 Å². The number of nitrogens with zero attached hydrogens (tertiary/aromatic N) is 2. The molecular formula is C16H21N2O7+. The molecule has 6 atom stereocenters. The maximum atomic E-state index is 12.0. The summed E-state index contributed by atoms with van der Waals surface area (Å²) in [7, 11) is 0. The molecule has 1 aromatic heterocycles. The molecule has 2 saturated heterocycles. The molecule has 0 bridgehead atoms. The maximum Gasteiger partial charge on any atom is 0.335 e. The quantitative estimate of drug-likeness (QED) is 0.476. The minimum absolute atomic E-state index is 0.0759. The van der Waals surface area contributed by atoms with E-state index < -0.39 is 55.5 Å². The third kappa shape index (κ3) is 3.11. The third-order valence-electron chi connectivity index (χ3n) is 4.57. The highest BCUT2D eigenvalue weighted by atomic mass is 16.6. The molecule has 0 saturated carbocycles. The van der Waals surface area contributed by atoms with E-state index in [1.54, 1.807) is 6.07 Å². The summed E-state index contributed by atoms with van der Waals surface area (Å²) in [5, 5.41) is 39.2. The van der Waals surface area contributed by atoms with Crippen LogP contribution < -0.4 is 4.57 Å². The molecule has 25 heavy (non-hydrogen) atoms. The van der Waals surface area contributed by atoms with E-state index in [9.17, 15) is 24.9 Å². The number of rotatable bonds is 3. The van der Waals surface area contributed by atoms with Gasteiger partial charge in [-0.25, -0.2) is 4.79 Å². The summed E-state index contributed by atoms with van der Waals surface area (Å²) < 4.78 is 29.3. The van der Waals surface area contributed by atoms with Crippen LogP contribution in [-0.2, 0) is 14.3 Å². The molecule has 2 aliphatic rings. The van der Waals surface area contributed by atoms with Crippen molar-refractivity contribution < 1.29 is 43.4 Å². The van der Waals surface area contributed by atoms with Crippen molar-refractivity contribution in [1.82, 2.24) is 4.90 Å². The van der Waals surface area contributed by atoms with Crippen LogP contribution in [0, 0.1) is 0 Å². The van der Waals surface area contributed by atoms with Gasteiger partial charge in [-0.2, -0.15) is 4.57 Å². The first-order valence-electron chi connectivity index (χ1n) is 9.27.